The van der Waals surface area contributed by atoms with Crippen molar-refractivity contribution in [3.05, 3.63) is 0 Å². The highest BCUT2D eigenvalue weighted by Crippen LogP contribution is 1.96. The zero-order chi connectivity index (χ0) is 12.2. The minimum atomic E-state index is 0.0973. The Labute approximate surface area is 97.8 Å². The fourth-order valence-electron chi connectivity index (χ4n) is 1.27. The van der Waals surface area contributed by atoms with Gasteiger partial charge in [0.2, 0.25) is 5.91 Å². The summed E-state index contributed by atoms with van der Waals surface area (Å²) in [5.74, 6) is 0.0973. The minimum Gasteiger partial charge on any atom is -0.396 e. The van der Waals surface area contributed by atoms with Crippen molar-refractivity contribution in [3.8, 4) is 0 Å². The molecule has 0 bridgehead atoms. The van der Waals surface area contributed by atoms with Gasteiger partial charge in [0.1, 0.15) is 0 Å². The first-order chi connectivity index (χ1) is 7.72. The number of aliphatic hydroxyl groups excluding tert-OH is 1. The topological polar surface area (TPSA) is 61.8 Å². The monoisotopic (exact) mass is 232 g/mol. The maximum absolute atomic E-state index is 11.5. The standard InChI is InChI=1S/C11H24N2O3/c1-13(7-4-3-5-8-14)11(15)10-12-6-9-16-2/h12,14H,3-10H2,1-2H3. The van der Waals surface area contributed by atoms with Crippen molar-refractivity contribution in [1.29, 1.82) is 0 Å². The number of unbranched alkanes of at least 4 members (excludes halogenated alkanes) is 2. The third-order valence-electron chi connectivity index (χ3n) is 2.34. The van der Waals surface area contributed by atoms with Crippen molar-refractivity contribution in [2.24, 2.45) is 0 Å². The lowest BCUT2D eigenvalue weighted by Gasteiger charge is -2.17. The highest BCUT2D eigenvalue weighted by atomic mass is 16.5. The Balaban J connectivity index is 3.42. The molecule has 0 aromatic carbocycles. The summed E-state index contributed by atoms with van der Waals surface area (Å²) in [6, 6.07) is 0. The zero-order valence-corrected chi connectivity index (χ0v) is 10.4. The molecule has 16 heavy (non-hydrogen) atoms. The molecule has 96 valence electrons. The second kappa shape index (κ2) is 10.9. The van der Waals surface area contributed by atoms with E-state index in [1.165, 1.54) is 0 Å². The van der Waals surface area contributed by atoms with E-state index in [0.29, 0.717) is 19.7 Å². The summed E-state index contributed by atoms with van der Waals surface area (Å²) in [5.41, 5.74) is 0. The van der Waals surface area contributed by atoms with Gasteiger partial charge in [-0.15, -0.1) is 0 Å². The SMILES string of the molecule is COCCNCC(=O)N(C)CCCCCO. The van der Waals surface area contributed by atoms with Crippen LogP contribution in [0.2, 0.25) is 0 Å². The van der Waals surface area contributed by atoms with Gasteiger partial charge in [-0.25, -0.2) is 0 Å². The average Bonchev–Trinajstić information content (AvgIpc) is 2.29. The highest BCUT2D eigenvalue weighted by molar-refractivity contribution is 5.77. The number of hydrogen-bond acceptors (Lipinski definition) is 4. The molecule has 0 aliphatic rings. The molecule has 2 N–H and O–H groups in total. The van der Waals surface area contributed by atoms with Crippen LogP contribution in [0, 0.1) is 0 Å². The van der Waals surface area contributed by atoms with Gasteiger partial charge in [0.25, 0.3) is 0 Å². The van der Waals surface area contributed by atoms with Crippen LogP contribution in [0.1, 0.15) is 19.3 Å². The highest BCUT2D eigenvalue weighted by Gasteiger charge is 2.06. The number of nitrogens with zero attached hydrogens (tertiary/aromatic N) is 1. The predicted octanol–water partition coefficient (Wildman–Crippen LogP) is -0.157. The molecule has 0 radical (unpaired) electrons. The molecular weight excluding hydrogens is 208 g/mol. The van der Waals surface area contributed by atoms with Crippen LogP contribution in [0.15, 0.2) is 0 Å². The Hall–Kier alpha value is -0.650. The first kappa shape index (κ1) is 15.3. The lowest BCUT2D eigenvalue weighted by atomic mass is 10.2. The Kier molecular flexibility index (Phi) is 10.4. The first-order valence-corrected chi connectivity index (χ1v) is 5.76. The molecule has 0 unspecified atom stereocenters. The van der Waals surface area contributed by atoms with Crippen LogP contribution in [0.4, 0.5) is 0 Å². The Bertz CT molecular complexity index is 177. The van der Waals surface area contributed by atoms with Gasteiger partial charge in [-0.05, 0) is 19.3 Å². The number of methoxy groups -OCH3 is 1. The molecule has 1 amide bonds. The van der Waals surface area contributed by atoms with Crippen LogP contribution in [-0.4, -0.2) is 62.9 Å². The number of rotatable bonds is 10. The summed E-state index contributed by atoms with van der Waals surface area (Å²) in [6.45, 7) is 2.66. The van der Waals surface area contributed by atoms with E-state index in [0.717, 1.165) is 25.8 Å². The summed E-state index contributed by atoms with van der Waals surface area (Å²) < 4.78 is 4.86. The summed E-state index contributed by atoms with van der Waals surface area (Å²) in [4.78, 5) is 13.3. The molecule has 5 nitrogen and oxygen atoms in total. The van der Waals surface area contributed by atoms with E-state index in [2.05, 4.69) is 5.32 Å². The number of likely N-dealkylation sites (N-methyl/N-ethyl adjacent to an activating group) is 1. The molecule has 0 fully saturated rings. The van der Waals surface area contributed by atoms with Gasteiger partial charge in [-0.1, -0.05) is 0 Å². The van der Waals surface area contributed by atoms with E-state index >= 15 is 0 Å². The van der Waals surface area contributed by atoms with Gasteiger partial charge in [0, 0.05) is 33.9 Å². The van der Waals surface area contributed by atoms with Gasteiger partial charge in [0.15, 0.2) is 0 Å². The summed E-state index contributed by atoms with van der Waals surface area (Å²) in [7, 11) is 3.44. The number of ether oxygens (including phenoxy) is 1. The molecular formula is C11H24N2O3. The fraction of sp³-hybridized carbons (Fsp3) is 0.909. The normalized spacial score (nSPS) is 10.4. The van der Waals surface area contributed by atoms with Crippen molar-refractivity contribution in [2.75, 3.05) is 47.0 Å². The van der Waals surface area contributed by atoms with E-state index in [4.69, 9.17) is 9.84 Å². The molecule has 0 aliphatic heterocycles. The van der Waals surface area contributed by atoms with Crippen molar-refractivity contribution in [3.63, 3.8) is 0 Å². The van der Waals surface area contributed by atoms with Crippen molar-refractivity contribution >= 4 is 5.91 Å². The van der Waals surface area contributed by atoms with Crippen LogP contribution in [-0.2, 0) is 9.53 Å². The number of nitrogens with one attached hydrogen (secondary N) is 1. The first-order valence-electron chi connectivity index (χ1n) is 5.76. The van der Waals surface area contributed by atoms with Gasteiger partial charge >= 0.3 is 0 Å². The van der Waals surface area contributed by atoms with E-state index in [9.17, 15) is 4.79 Å². The maximum Gasteiger partial charge on any atom is 0.236 e. The largest absolute Gasteiger partial charge is 0.396 e. The quantitative estimate of drug-likeness (QED) is 0.514. The Morgan fingerprint density at radius 1 is 1.38 bits per heavy atom. The van der Waals surface area contributed by atoms with Crippen molar-refractivity contribution in [1.82, 2.24) is 10.2 Å². The van der Waals surface area contributed by atoms with Gasteiger partial charge in [-0.2, -0.15) is 0 Å². The lowest BCUT2D eigenvalue weighted by Crippen LogP contribution is -2.37. The Morgan fingerprint density at radius 3 is 2.75 bits per heavy atom. The zero-order valence-electron chi connectivity index (χ0n) is 10.4. The Morgan fingerprint density at radius 2 is 2.12 bits per heavy atom. The smallest absolute Gasteiger partial charge is 0.236 e. The third-order valence-corrected chi connectivity index (χ3v) is 2.34. The van der Waals surface area contributed by atoms with E-state index in [1.807, 2.05) is 0 Å². The van der Waals surface area contributed by atoms with E-state index in [-0.39, 0.29) is 12.5 Å². The third kappa shape index (κ3) is 8.64. The molecule has 5 heteroatoms. The van der Waals surface area contributed by atoms with Gasteiger partial charge < -0.3 is 20.1 Å². The van der Waals surface area contributed by atoms with E-state index in [1.54, 1.807) is 19.1 Å². The molecule has 0 saturated heterocycles. The van der Waals surface area contributed by atoms with Gasteiger partial charge in [-0.3, -0.25) is 4.79 Å². The molecule has 0 spiro atoms. The average molecular weight is 232 g/mol. The van der Waals surface area contributed by atoms with Crippen LogP contribution >= 0.6 is 0 Å². The number of carbonyl (C=O) groups is 1. The molecule has 0 saturated carbocycles. The summed E-state index contributed by atoms with van der Waals surface area (Å²) in [6.07, 6.45) is 2.72. The molecule has 0 rings (SSSR count). The van der Waals surface area contributed by atoms with Crippen LogP contribution < -0.4 is 5.32 Å². The lowest BCUT2D eigenvalue weighted by molar-refractivity contribution is -0.129. The van der Waals surface area contributed by atoms with Crippen molar-refractivity contribution < 1.29 is 14.6 Å². The molecule has 0 heterocycles. The van der Waals surface area contributed by atoms with Crippen molar-refractivity contribution in [2.45, 2.75) is 19.3 Å². The minimum absolute atomic E-state index is 0.0973. The molecule has 0 atom stereocenters. The molecule has 0 aromatic rings. The van der Waals surface area contributed by atoms with Crippen LogP contribution in [0.3, 0.4) is 0 Å². The predicted molar refractivity (Wildman–Crippen MR) is 63.3 cm³/mol. The number of hydrogen-bond donors (Lipinski definition) is 2. The summed E-state index contributed by atoms with van der Waals surface area (Å²) >= 11 is 0. The van der Waals surface area contributed by atoms with Crippen LogP contribution in [0.25, 0.3) is 0 Å². The second-order valence-electron chi connectivity index (χ2n) is 3.77. The number of aliphatic hydroxyl groups is 1. The number of carbonyl (C=O) groups excluding carboxylic acids is 1. The summed E-state index contributed by atoms with van der Waals surface area (Å²) in [5, 5.41) is 11.6. The number of amides is 1. The fourth-order valence-corrected chi connectivity index (χ4v) is 1.27. The second-order valence-corrected chi connectivity index (χ2v) is 3.77. The van der Waals surface area contributed by atoms with Crippen LogP contribution in [0.5, 0.6) is 0 Å². The maximum atomic E-state index is 11.5. The van der Waals surface area contributed by atoms with Gasteiger partial charge in [0.05, 0.1) is 13.2 Å². The molecule has 0 aliphatic carbocycles. The molecule has 0 aromatic heterocycles. The van der Waals surface area contributed by atoms with E-state index < -0.39 is 0 Å².